The number of aliphatic hydroxyl groups is 2. The minimum atomic E-state index is -1.55. The lowest BCUT2D eigenvalue weighted by Gasteiger charge is -2.28. The van der Waals surface area contributed by atoms with Crippen molar-refractivity contribution in [2.75, 3.05) is 7.11 Å². The number of aromatic nitrogens is 3. The Labute approximate surface area is 205 Å². The number of nitrogens with two attached hydrogens (primary N) is 1. The fraction of sp³-hybridized carbons (Fsp3) is 0.269. The van der Waals surface area contributed by atoms with Crippen LogP contribution in [0, 0.1) is 23.5 Å². The number of benzene rings is 1. The highest BCUT2D eigenvalue weighted by Gasteiger charge is 2.39. The van der Waals surface area contributed by atoms with Crippen LogP contribution in [0.15, 0.2) is 30.5 Å². The fourth-order valence-electron chi connectivity index (χ4n) is 4.50. The van der Waals surface area contributed by atoms with Gasteiger partial charge in [0.05, 0.1) is 36.2 Å². The molecule has 1 unspecified atom stereocenters. The van der Waals surface area contributed by atoms with Gasteiger partial charge < -0.3 is 25.3 Å². The number of nitrogens with zero attached hydrogens (tertiary/aromatic N) is 3. The standard InChI is InChI=1S/C26H22F2N4O4/c1-26(2,35)5-4-12-8-17-16(10-19(12)28)13-6-15(7-13)32-21(20(23(29)34)31-24(17)32)22(33)18-9-14(27)11-30-25(18)36-3/h6,8-11,15,22,33,35H,7H2,1-3H3,(H2,29,34)/t15?,22-/m1/s1. The van der Waals surface area contributed by atoms with Crippen LogP contribution >= 0.6 is 0 Å². The first-order valence-electron chi connectivity index (χ1n) is 11.1. The molecule has 0 saturated carbocycles. The maximum atomic E-state index is 14.9. The van der Waals surface area contributed by atoms with Crippen molar-refractivity contribution < 1.29 is 28.5 Å². The molecule has 184 valence electrons. The Morgan fingerprint density at radius 1 is 1.31 bits per heavy atom. The Balaban J connectivity index is 1.76. The molecule has 6 rings (SSSR count). The lowest BCUT2D eigenvalue weighted by molar-refractivity contribution is 0.0989. The molecule has 4 heterocycles. The first-order valence-corrected chi connectivity index (χ1v) is 11.1. The fourth-order valence-corrected chi connectivity index (χ4v) is 4.50. The van der Waals surface area contributed by atoms with E-state index < -0.39 is 29.2 Å². The normalized spacial score (nSPS) is 16.4. The third kappa shape index (κ3) is 3.82. The van der Waals surface area contributed by atoms with E-state index in [0.29, 0.717) is 17.5 Å². The second-order valence-corrected chi connectivity index (χ2v) is 9.21. The lowest BCUT2D eigenvalue weighted by atomic mass is 9.86. The number of rotatable bonds is 4. The number of halogens is 2. The second-order valence-electron chi connectivity index (χ2n) is 9.21. The SMILES string of the molecule is COc1ncc(F)cc1[C@@H](O)c1c(C(N)=O)nc2n1C1C=C(C1)c1cc(F)c(C#CC(C)(C)O)cc1-2. The molecule has 2 atom stereocenters. The first kappa shape index (κ1) is 23.7. The van der Waals surface area contributed by atoms with Gasteiger partial charge in [-0.15, -0.1) is 0 Å². The quantitative estimate of drug-likeness (QED) is 0.482. The summed E-state index contributed by atoms with van der Waals surface area (Å²) in [6, 6.07) is 3.59. The lowest BCUT2D eigenvalue weighted by Crippen LogP contribution is -2.22. The molecule has 1 aliphatic carbocycles. The van der Waals surface area contributed by atoms with E-state index in [-0.39, 0.29) is 40.3 Å². The number of hydrogen-bond acceptors (Lipinski definition) is 6. The zero-order valence-corrected chi connectivity index (χ0v) is 19.6. The molecule has 4 N–H and O–H groups in total. The third-order valence-corrected chi connectivity index (χ3v) is 6.13. The second kappa shape index (κ2) is 8.26. The molecule has 36 heavy (non-hydrogen) atoms. The molecule has 3 aliphatic rings. The molecule has 0 fully saturated rings. The van der Waals surface area contributed by atoms with Gasteiger partial charge in [0.1, 0.15) is 29.2 Å². The van der Waals surface area contributed by atoms with Crippen molar-refractivity contribution in [3.05, 3.63) is 70.2 Å². The highest BCUT2D eigenvalue weighted by atomic mass is 19.1. The maximum Gasteiger partial charge on any atom is 0.269 e. The van der Waals surface area contributed by atoms with Gasteiger partial charge in [-0.2, -0.15) is 0 Å². The van der Waals surface area contributed by atoms with Crippen molar-refractivity contribution in [2.24, 2.45) is 5.73 Å². The number of imidazole rings is 1. The molecular formula is C26H22F2N4O4. The molecule has 3 aromatic rings. The summed E-state index contributed by atoms with van der Waals surface area (Å²) in [6.45, 7) is 2.96. The molecule has 0 radical (unpaired) electrons. The zero-order chi connectivity index (χ0) is 25.9. The number of hydrogen-bond donors (Lipinski definition) is 3. The number of primary amides is 1. The molecular weight excluding hydrogens is 470 g/mol. The molecule has 8 nitrogen and oxygen atoms in total. The van der Waals surface area contributed by atoms with Gasteiger partial charge in [-0.3, -0.25) is 4.79 Å². The summed E-state index contributed by atoms with van der Waals surface area (Å²) in [6.07, 6.45) is 1.76. The largest absolute Gasteiger partial charge is 0.481 e. The van der Waals surface area contributed by atoms with Crippen LogP contribution in [0.5, 0.6) is 5.88 Å². The Morgan fingerprint density at radius 3 is 2.67 bits per heavy atom. The zero-order valence-electron chi connectivity index (χ0n) is 19.6. The molecule has 0 spiro atoms. The van der Waals surface area contributed by atoms with Crippen LogP contribution in [0.2, 0.25) is 0 Å². The van der Waals surface area contributed by atoms with Crippen LogP contribution in [0.1, 0.15) is 65.3 Å². The van der Waals surface area contributed by atoms with Gasteiger partial charge in [0.25, 0.3) is 5.91 Å². The van der Waals surface area contributed by atoms with E-state index in [0.717, 1.165) is 17.8 Å². The van der Waals surface area contributed by atoms with Crippen molar-refractivity contribution in [3.63, 3.8) is 0 Å². The number of methoxy groups -OCH3 is 1. The minimum absolute atomic E-state index is 0.00784. The van der Waals surface area contributed by atoms with Crippen LogP contribution < -0.4 is 10.5 Å². The van der Waals surface area contributed by atoms with Crippen LogP contribution in [0.4, 0.5) is 8.78 Å². The summed E-state index contributed by atoms with van der Waals surface area (Å²) >= 11 is 0. The van der Waals surface area contributed by atoms with Gasteiger partial charge in [0.2, 0.25) is 5.88 Å². The highest BCUT2D eigenvalue weighted by molar-refractivity contribution is 5.94. The summed E-state index contributed by atoms with van der Waals surface area (Å²) in [5.41, 5.74) is 6.07. The number of pyridine rings is 1. The molecule has 1 aromatic carbocycles. The number of aliphatic hydroxyl groups excluding tert-OH is 1. The van der Waals surface area contributed by atoms with E-state index in [1.54, 1.807) is 4.57 Å². The summed E-state index contributed by atoms with van der Waals surface area (Å²) in [4.78, 5) is 20.8. The van der Waals surface area contributed by atoms with Crippen LogP contribution in [0.25, 0.3) is 17.0 Å². The molecule has 0 saturated heterocycles. The predicted octanol–water partition coefficient (Wildman–Crippen LogP) is 2.88. The highest BCUT2D eigenvalue weighted by Crippen LogP contribution is 2.49. The average molecular weight is 492 g/mol. The first-order chi connectivity index (χ1) is 17.0. The predicted molar refractivity (Wildman–Crippen MR) is 126 cm³/mol. The number of carbonyl (C=O) groups excluding carboxylic acids is 1. The topological polar surface area (TPSA) is 123 Å². The third-order valence-electron chi connectivity index (χ3n) is 6.13. The van der Waals surface area contributed by atoms with Crippen molar-refractivity contribution in [3.8, 4) is 29.1 Å². The van der Waals surface area contributed by atoms with Crippen molar-refractivity contribution in [1.82, 2.24) is 14.5 Å². The van der Waals surface area contributed by atoms with Crippen molar-refractivity contribution in [1.29, 1.82) is 0 Å². The van der Waals surface area contributed by atoms with E-state index in [1.807, 2.05) is 6.08 Å². The molecule has 1 amide bonds. The minimum Gasteiger partial charge on any atom is -0.481 e. The van der Waals surface area contributed by atoms with Crippen molar-refractivity contribution >= 4 is 11.5 Å². The van der Waals surface area contributed by atoms with Gasteiger partial charge in [0, 0.05) is 5.56 Å². The van der Waals surface area contributed by atoms with Crippen molar-refractivity contribution in [2.45, 2.75) is 38.0 Å². The van der Waals surface area contributed by atoms with Crippen LogP contribution in [0.3, 0.4) is 0 Å². The van der Waals surface area contributed by atoms with E-state index in [2.05, 4.69) is 21.8 Å². The molecule has 2 aliphatic heterocycles. The van der Waals surface area contributed by atoms with Gasteiger partial charge in [-0.1, -0.05) is 17.9 Å². The summed E-state index contributed by atoms with van der Waals surface area (Å²) in [5.74, 6) is 3.32. The van der Waals surface area contributed by atoms with Gasteiger partial charge >= 0.3 is 0 Å². The Bertz CT molecular complexity index is 1530. The average Bonchev–Trinajstić information content (AvgIpc) is 3.06. The number of carbonyl (C=O) groups is 1. The van der Waals surface area contributed by atoms with E-state index >= 15 is 0 Å². The molecule has 2 aromatic heterocycles. The van der Waals surface area contributed by atoms with E-state index in [4.69, 9.17) is 10.5 Å². The number of amides is 1. The van der Waals surface area contributed by atoms with Gasteiger partial charge in [-0.05, 0) is 49.6 Å². The van der Waals surface area contributed by atoms with E-state index in [9.17, 15) is 23.8 Å². The van der Waals surface area contributed by atoms with Crippen LogP contribution in [-0.4, -0.2) is 43.4 Å². The van der Waals surface area contributed by atoms with E-state index in [1.165, 1.54) is 33.1 Å². The molecule has 2 bridgehead atoms. The van der Waals surface area contributed by atoms with Gasteiger partial charge in [0.15, 0.2) is 5.69 Å². The monoisotopic (exact) mass is 492 g/mol. The maximum absolute atomic E-state index is 14.9. The smallest absolute Gasteiger partial charge is 0.269 e. The number of ether oxygens (including phenoxy) is 1. The van der Waals surface area contributed by atoms with Gasteiger partial charge in [-0.25, -0.2) is 18.7 Å². The van der Waals surface area contributed by atoms with Crippen LogP contribution in [-0.2, 0) is 0 Å². The Kier molecular flexibility index (Phi) is 5.43. The summed E-state index contributed by atoms with van der Waals surface area (Å²) in [7, 11) is 1.32. The summed E-state index contributed by atoms with van der Waals surface area (Å²) in [5, 5.41) is 21.3. The number of allylic oxidation sites excluding steroid dienone is 2. The Hall–Kier alpha value is -4.07. The molecule has 10 heteroatoms. The summed E-state index contributed by atoms with van der Waals surface area (Å²) < 4.78 is 35.8. The Morgan fingerprint density at radius 2 is 2.03 bits per heavy atom.